The standard InChI is InChI=1S/C14H12ClNO3/c15-11-7-4-8-12(17)13(11)16-14(18)19-9-10-5-2-1-3-6-10/h1-8,17H,9H2,(H,16,18). The number of hydrogen-bond acceptors (Lipinski definition) is 3. The zero-order chi connectivity index (χ0) is 13.7. The molecule has 2 rings (SSSR count). The first-order chi connectivity index (χ1) is 9.16. The summed E-state index contributed by atoms with van der Waals surface area (Å²) in [4.78, 5) is 11.6. The van der Waals surface area contributed by atoms with E-state index in [1.807, 2.05) is 30.3 Å². The van der Waals surface area contributed by atoms with Crippen LogP contribution in [0.3, 0.4) is 0 Å². The molecule has 0 fully saturated rings. The van der Waals surface area contributed by atoms with E-state index in [-0.39, 0.29) is 23.1 Å². The van der Waals surface area contributed by atoms with Crippen LogP contribution in [-0.2, 0) is 11.3 Å². The van der Waals surface area contributed by atoms with E-state index < -0.39 is 6.09 Å². The molecule has 0 aliphatic rings. The van der Waals surface area contributed by atoms with E-state index in [1.165, 1.54) is 6.07 Å². The highest BCUT2D eigenvalue weighted by atomic mass is 35.5. The van der Waals surface area contributed by atoms with Crippen molar-refractivity contribution < 1.29 is 14.6 Å². The Labute approximate surface area is 115 Å². The molecule has 98 valence electrons. The van der Waals surface area contributed by atoms with Gasteiger partial charge < -0.3 is 9.84 Å². The van der Waals surface area contributed by atoms with Crippen LogP contribution < -0.4 is 5.32 Å². The lowest BCUT2D eigenvalue weighted by molar-refractivity contribution is 0.155. The predicted octanol–water partition coefficient (Wildman–Crippen LogP) is 3.79. The van der Waals surface area contributed by atoms with Gasteiger partial charge in [-0.15, -0.1) is 0 Å². The molecule has 0 aliphatic heterocycles. The van der Waals surface area contributed by atoms with Crippen LogP contribution in [0.15, 0.2) is 48.5 Å². The van der Waals surface area contributed by atoms with Gasteiger partial charge in [-0.25, -0.2) is 4.79 Å². The average molecular weight is 278 g/mol. The highest BCUT2D eigenvalue weighted by Gasteiger charge is 2.10. The lowest BCUT2D eigenvalue weighted by Gasteiger charge is -2.09. The maximum atomic E-state index is 11.6. The summed E-state index contributed by atoms with van der Waals surface area (Å²) in [5.74, 6) is -0.107. The first-order valence-corrected chi connectivity index (χ1v) is 6.00. The van der Waals surface area contributed by atoms with E-state index >= 15 is 0 Å². The Balaban J connectivity index is 1.95. The van der Waals surface area contributed by atoms with E-state index in [0.717, 1.165) is 5.56 Å². The van der Waals surface area contributed by atoms with Gasteiger partial charge in [-0.3, -0.25) is 5.32 Å². The Kier molecular flexibility index (Phi) is 4.26. The zero-order valence-corrected chi connectivity index (χ0v) is 10.7. The van der Waals surface area contributed by atoms with Crippen molar-refractivity contribution in [2.75, 3.05) is 5.32 Å². The Bertz CT molecular complexity index is 552. The maximum Gasteiger partial charge on any atom is 0.412 e. The Morgan fingerprint density at radius 3 is 2.58 bits per heavy atom. The largest absolute Gasteiger partial charge is 0.506 e. The van der Waals surface area contributed by atoms with E-state index in [0.29, 0.717) is 0 Å². The number of para-hydroxylation sites is 1. The van der Waals surface area contributed by atoms with Crippen LogP contribution in [0.4, 0.5) is 10.5 Å². The number of ether oxygens (including phenoxy) is 1. The summed E-state index contributed by atoms with van der Waals surface area (Å²) in [6.45, 7) is 0.151. The number of phenols is 1. The van der Waals surface area contributed by atoms with E-state index in [1.54, 1.807) is 12.1 Å². The van der Waals surface area contributed by atoms with Gasteiger partial charge in [-0.2, -0.15) is 0 Å². The lowest BCUT2D eigenvalue weighted by atomic mass is 10.2. The molecule has 0 heterocycles. The highest BCUT2D eigenvalue weighted by molar-refractivity contribution is 6.34. The average Bonchev–Trinajstić information content (AvgIpc) is 2.42. The van der Waals surface area contributed by atoms with Gasteiger partial charge in [-0.1, -0.05) is 48.0 Å². The molecule has 2 aromatic carbocycles. The van der Waals surface area contributed by atoms with Crippen molar-refractivity contribution in [3.63, 3.8) is 0 Å². The van der Waals surface area contributed by atoms with Crippen molar-refractivity contribution in [2.24, 2.45) is 0 Å². The molecule has 0 unspecified atom stereocenters. The SMILES string of the molecule is O=C(Nc1c(O)cccc1Cl)OCc1ccccc1. The number of halogens is 1. The smallest absolute Gasteiger partial charge is 0.412 e. The van der Waals surface area contributed by atoms with Crippen molar-refractivity contribution in [2.45, 2.75) is 6.61 Å². The van der Waals surface area contributed by atoms with Crippen molar-refractivity contribution in [1.29, 1.82) is 0 Å². The summed E-state index contributed by atoms with van der Waals surface area (Å²) in [6, 6.07) is 13.9. The molecule has 1 amide bonds. The van der Waals surface area contributed by atoms with Crippen LogP contribution in [0.2, 0.25) is 5.02 Å². The molecule has 2 aromatic rings. The fourth-order valence-electron chi connectivity index (χ4n) is 1.50. The fraction of sp³-hybridized carbons (Fsp3) is 0.0714. The summed E-state index contributed by atoms with van der Waals surface area (Å²) in [6.07, 6.45) is -0.674. The van der Waals surface area contributed by atoms with Gasteiger partial charge in [0.1, 0.15) is 18.0 Å². The Hall–Kier alpha value is -2.20. The Morgan fingerprint density at radius 1 is 1.16 bits per heavy atom. The minimum atomic E-state index is -0.674. The summed E-state index contributed by atoms with van der Waals surface area (Å²) < 4.78 is 5.02. The molecular formula is C14H12ClNO3. The molecule has 5 heteroatoms. The molecule has 0 saturated heterocycles. The number of amides is 1. The van der Waals surface area contributed by atoms with E-state index in [9.17, 15) is 9.90 Å². The monoisotopic (exact) mass is 277 g/mol. The summed E-state index contributed by atoms with van der Waals surface area (Å²) in [5.41, 5.74) is 1.02. The van der Waals surface area contributed by atoms with Crippen molar-refractivity contribution in [3.05, 3.63) is 59.1 Å². The third-order valence-electron chi connectivity index (χ3n) is 2.43. The molecule has 4 nitrogen and oxygen atoms in total. The fourth-order valence-corrected chi connectivity index (χ4v) is 1.71. The second-order valence-electron chi connectivity index (χ2n) is 3.82. The van der Waals surface area contributed by atoms with Gasteiger partial charge in [-0.05, 0) is 17.7 Å². The van der Waals surface area contributed by atoms with Crippen LogP contribution in [0.5, 0.6) is 5.75 Å². The summed E-state index contributed by atoms with van der Waals surface area (Å²) in [5, 5.41) is 12.2. The second-order valence-corrected chi connectivity index (χ2v) is 4.23. The van der Waals surface area contributed by atoms with Gasteiger partial charge >= 0.3 is 6.09 Å². The summed E-state index contributed by atoms with van der Waals surface area (Å²) >= 11 is 5.86. The number of benzene rings is 2. The molecule has 0 atom stereocenters. The first kappa shape index (κ1) is 13.2. The molecule has 0 spiro atoms. The topological polar surface area (TPSA) is 58.6 Å². The van der Waals surface area contributed by atoms with Gasteiger partial charge in [0, 0.05) is 0 Å². The van der Waals surface area contributed by atoms with Crippen LogP contribution >= 0.6 is 11.6 Å². The minimum absolute atomic E-state index is 0.107. The number of carbonyl (C=O) groups excluding carboxylic acids is 1. The molecule has 19 heavy (non-hydrogen) atoms. The molecule has 2 N–H and O–H groups in total. The quantitative estimate of drug-likeness (QED) is 0.839. The van der Waals surface area contributed by atoms with Crippen molar-refractivity contribution >= 4 is 23.4 Å². The zero-order valence-electron chi connectivity index (χ0n) is 9.97. The predicted molar refractivity (Wildman–Crippen MR) is 73.4 cm³/mol. The van der Waals surface area contributed by atoms with Gasteiger partial charge in [0.2, 0.25) is 0 Å². The van der Waals surface area contributed by atoms with Crippen LogP contribution in [-0.4, -0.2) is 11.2 Å². The number of nitrogens with one attached hydrogen (secondary N) is 1. The molecule has 0 radical (unpaired) electrons. The minimum Gasteiger partial charge on any atom is -0.506 e. The number of hydrogen-bond donors (Lipinski definition) is 2. The van der Waals surface area contributed by atoms with E-state index in [2.05, 4.69) is 5.32 Å². The van der Waals surface area contributed by atoms with Gasteiger partial charge in [0.25, 0.3) is 0 Å². The van der Waals surface area contributed by atoms with Crippen LogP contribution in [0, 0.1) is 0 Å². The molecule has 0 bridgehead atoms. The van der Waals surface area contributed by atoms with Gasteiger partial charge in [0.05, 0.1) is 5.02 Å². The molecular weight excluding hydrogens is 266 g/mol. The van der Waals surface area contributed by atoms with Crippen LogP contribution in [0.25, 0.3) is 0 Å². The number of rotatable bonds is 3. The Morgan fingerprint density at radius 2 is 1.89 bits per heavy atom. The number of phenolic OH excluding ortho intramolecular Hbond substituents is 1. The molecule has 0 aromatic heterocycles. The third-order valence-corrected chi connectivity index (χ3v) is 2.75. The lowest BCUT2D eigenvalue weighted by Crippen LogP contribution is -2.13. The summed E-state index contributed by atoms with van der Waals surface area (Å²) in [7, 11) is 0. The number of carbonyl (C=O) groups is 1. The maximum absolute atomic E-state index is 11.6. The molecule has 0 saturated carbocycles. The number of anilines is 1. The van der Waals surface area contributed by atoms with Crippen LogP contribution in [0.1, 0.15) is 5.56 Å². The highest BCUT2D eigenvalue weighted by Crippen LogP contribution is 2.31. The second kappa shape index (κ2) is 6.11. The van der Waals surface area contributed by atoms with Crippen molar-refractivity contribution in [1.82, 2.24) is 0 Å². The van der Waals surface area contributed by atoms with Gasteiger partial charge in [0.15, 0.2) is 0 Å². The number of aromatic hydroxyl groups is 1. The molecule has 0 aliphatic carbocycles. The third kappa shape index (κ3) is 3.63. The van der Waals surface area contributed by atoms with E-state index in [4.69, 9.17) is 16.3 Å². The van der Waals surface area contributed by atoms with Crippen molar-refractivity contribution in [3.8, 4) is 5.75 Å². The normalized spacial score (nSPS) is 9.95. The first-order valence-electron chi connectivity index (χ1n) is 5.62.